The molecule has 0 saturated carbocycles. The third kappa shape index (κ3) is 3.81. The molecule has 1 aromatic rings. The zero-order valence-electron chi connectivity index (χ0n) is 9.89. The fraction of sp³-hybridized carbons (Fsp3) is 0.364. The maximum absolute atomic E-state index is 12.1. The largest absolute Gasteiger partial charge is 0.315 e. The molecule has 1 saturated heterocycles. The van der Waals surface area contributed by atoms with Gasteiger partial charge in [-0.1, -0.05) is 11.6 Å². The second-order valence-electron chi connectivity index (χ2n) is 4.06. The van der Waals surface area contributed by atoms with Gasteiger partial charge >= 0.3 is 0 Å². The summed E-state index contributed by atoms with van der Waals surface area (Å²) in [6.07, 6.45) is 0.762. The van der Waals surface area contributed by atoms with E-state index in [4.69, 9.17) is 16.9 Å². The molecule has 1 heterocycles. The van der Waals surface area contributed by atoms with Crippen molar-refractivity contribution in [2.24, 2.45) is 0 Å². The van der Waals surface area contributed by atoms with Crippen molar-refractivity contribution in [3.63, 3.8) is 0 Å². The molecule has 19 heavy (non-hydrogen) atoms. The van der Waals surface area contributed by atoms with Crippen LogP contribution >= 0.6 is 24.0 Å². The Labute approximate surface area is 123 Å². The Morgan fingerprint density at radius 2 is 2.21 bits per heavy atom. The minimum atomic E-state index is -3.59. The minimum Gasteiger partial charge on any atom is -0.315 e. The smallest absolute Gasteiger partial charge is 0.240 e. The Kier molecular flexibility index (Phi) is 5.59. The van der Waals surface area contributed by atoms with Crippen LogP contribution in [-0.2, 0) is 10.0 Å². The van der Waals surface area contributed by atoms with Crippen LogP contribution in [0.25, 0.3) is 0 Å². The molecule has 1 fully saturated rings. The van der Waals surface area contributed by atoms with E-state index in [0.717, 1.165) is 13.0 Å². The van der Waals surface area contributed by atoms with Crippen molar-refractivity contribution in [2.75, 3.05) is 13.1 Å². The lowest BCUT2D eigenvalue weighted by molar-refractivity contribution is 0.560. The molecule has 0 amide bonds. The van der Waals surface area contributed by atoms with Gasteiger partial charge in [-0.05, 0) is 31.2 Å². The Morgan fingerprint density at radius 1 is 1.47 bits per heavy atom. The van der Waals surface area contributed by atoms with Crippen LogP contribution < -0.4 is 10.0 Å². The summed E-state index contributed by atoms with van der Waals surface area (Å²) >= 11 is 5.77. The highest BCUT2D eigenvalue weighted by molar-refractivity contribution is 7.89. The quantitative estimate of drug-likeness (QED) is 0.878. The van der Waals surface area contributed by atoms with Gasteiger partial charge < -0.3 is 5.32 Å². The molecule has 8 heteroatoms. The van der Waals surface area contributed by atoms with Crippen LogP contribution in [-0.4, -0.2) is 27.5 Å². The molecular weight excluding hydrogens is 309 g/mol. The summed E-state index contributed by atoms with van der Waals surface area (Å²) in [5.41, 5.74) is 0.157. The molecule has 1 atom stereocenters. The van der Waals surface area contributed by atoms with Crippen molar-refractivity contribution in [1.29, 1.82) is 5.26 Å². The monoisotopic (exact) mass is 321 g/mol. The zero-order chi connectivity index (χ0) is 13.2. The van der Waals surface area contributed by atoms with Crippen LogP contribution in [0, 0.1) is 11.3 Å². The second-order valence-corrected chi connectivity index (χ2v) is 6.19. The average Bonchev–Trinajstić information content (AvgIpc) is 2.81. The van der Waals surface area contributed by atoms with Gasteiger partial charge in [-0.25, -0.2) is 13.1 Å². The van der Waals surface area contributed by atoms with E-state index in [-0.39, 0.29) is 33.9 Å². The minimum absolute atomic E-state index is 0. The van der Waals surface area contributed by atoms with Crippen molar-refractivity contribution in [3.05, 3.63) is 28.8 Å². The van der Waals surface area contributed by atoms with Crippen LogP contribution in [0.1, 0.15) is 12.0 Å². The lowest BCUT2D eigenvalue weighted by Gasteiger charge is -2.12. The number of nitrogens with one attached hydrogen (secondary N) is 2. The van der Waals surface area contributed by atoms with Gasteiger partial charge in [-0.15, -0.1) is 12.4 Å². The normalized spacial score (nSPS) is 18.6. The highest BCUT2D eigenvalue weighted by atomic mass is 35.5. The third-order valence-electron chi connectivity index (χ3n) is 2.75. The van der Waals surface area contributed by atoms with Gasteiger partial charge in [0.2, 0.25) is 10.0 Å². The van der Waals surface area contributed by atoms with Crippen molar-refractivity contribution in [2.45, 2.75) is 17.4 Å². The molecular formula is C11H13Cl2N3O2S. The molecule has 1 aromatic carbocycles. The van der Waals surface area contributed by atoms with Gasteiger partial charge in [0.25, 0.3) is 0 Å². The summed E-state index contributed by atoms with van der Waals surface area (Å²) in [6, 6.07) is 5.86. The number of hydrogen-bond acceptors (Lipinski definition) is 4. The van der Waals surface area contributed by atoms with Crippen LogP contribution in [0.3, 0.4) is 0 Å². The Morgan fingerprint density at radius 3 is 2.79 bits per heavy atom. The van der Waals surface area contributed by atoms with E-state index in [1.807, 2.05) is 6.07 Å². The average molecular weight is 322 g/mol. The molecule has 5 nitrogen and oxygen atoms in total. The van der Waals surface area contributed by atoms with Crippen molar-refractivity contribution >= 4 is 34.0 Å². The Balaban J connectivity index is 0.00000180. The summed E-state index contributed by atoms with van der Waals surface area (Å²) < 4.78 is 26.8. The first-order valence-corrected chi connectivity index (χ1v) is 7.32. The van der Waals surface area contributed by atoms with Gasteiger partial charge in [0.15, 0.2) is 0 Å². The maximum Gasteiger partial charge on any atom is 0.240 e. The first-order valence-electron chi connectivity index (χ1n) is 5.45. The number of halogens is 2. The van der Waals surface area contributed by atoms with Crippen LogP contribution in [0.4, 0.5) is 0 Å². The summed E-state index contributed by atoms with van der Waals surface area (Å²) in [5.74, 6) is 0. The third-order valence-corrected chi connectivity index (χ3v) is 4.60. The fourth-order valence-corrected chi connectivity index (χ4v) is 3.26. The van der Waals surface area contributed by atoms with Crippen molar-refractivity contribution in [3.8, 4) is 6.07 Å². The molecule has 0 spiro atoms. The van der Waals surface area contributed by atoms with Gasteiger partial charge in [-0.2, -0.15) is 5.26 Å². The lowest BCUT2D eigenvalue weighted by atomic mass is 10.2. The molecule has 0 aliphatic carbocycles. The van der Waals surface area contributed by atoms with Gasteiger partial charge in [0.1, 0.15) is 6.07 Å². The van der Waals surface area contributed by atoms with Crippen LogP contribution in [0.15, 0.2) is 23.1 Å². The highest BCUT2D eigenvalue weighted by Crippen LogP contribution is 2.20. The van der Waals surface area contributed by atoms with Gasteiger partial charge in [0, 0.05) is 12.6 Å². The molecule has 0 aromatic heterocycles. The molecule has 104 valence electrons. The first-order chi connectivity index (χ1) is 8.53. The molecule has 1 aliphatic heterocycles. The number of sulfonamides is 1. The molecule has 0 radical (unpaired) electrons. The first kappa shape index (κ1) is 16.2. The van der Waals surface area contributed by atoms with Crippen LogP contribution in [0.2, 0.25) is 5.02 Å². The predicted molar refractivity (Wildman–Crippen MR) is 75.0 cm³/mol. The SMILES string of the molecule is Cl.N#Cc1cc(S(=O)(=O)NC2CCNC2)ccc1Cl. The lowest BCUT2D eigenvalue weighted by Crippen LogP contribution is -2.36. The van der Waals surface area contributed by atoms with E-state index in [9.17, 15) is 8.42 Å². The van der Waals surface area contributed by atoms with E-state index in [1.54, 1.807) is 0 Å². The summed E-state index contributed by atoms with van der Waals surface area (Å²) in [6.45, 7) is 1.43. The van der Waals surface area contributed by atoms with E-state index in [1.165, 1.54) is 18.2 Å². The van der Waals surface area contributed by atoms with Crippen molar-refractivity contribution in [1.82, 2.24) is 10.0 Å². The Hall–Kier alpha value is -0.840. The topological polar surface area (TPSA) is 82.0 Å². The van der Waals surface area contributed by atoms with E-state index < -0.39 is 10.0 Å². The predicted octanol–water partition coefficient (Wildman–Crippen LogP) is 1.27. The fourth-order valence-electron chi connectivity index (χ4n) is 1.80. The molecule has 2 rings (SSSR count). The van der Waals surface area contributed by atoms with E-state index in [0.29, 0.717) is 6.54 Å². The standard InChI is InChI=1S/C11H12ClN3O2S.ClH/c12-11-2-1-10(5-8(11)6-13)18(16,17)15-9-3-4-14-7-9;/h1-2,5,9,14-15H,3-4,7H2;1H. The molecule has 2 N–H and O–H groups in total. The summed E-state index contributed by atoms with van der Waals surface area (Å²) in [4.78, 5) is 0.0651. The molecule has 1 aliphatic rings. The number of rotatable bonds is 3. The summed E-state index contributed by atoms with van der Waals surface area (Å²) in [7, 11) is -3.59. The van der Waals surface area contributed by atoms with Crippen LogP contribution in [0.5, 0.6) is 0 Å². The summed E-state index contributed by atoms with van der Waals surface area (Å²) in [5, 5.41) is 12.2. The van der Waals surface area contributed by atoms with Gasteiger partial charge in [0.05, 0.1) is 15.5 Å². The number of nitriles is 1. The highest BCUT2D eigenvalue weighted by Gasteiger charge is 2.23. The Bertz CT molecular complexity index is 592. The zero-order valence-corrected chi connectivity index (χ0v) is 12.3. The number of nitrogens with zero attached hydrogens (tertiary/aromatic N) is 1. The van der Waals surface area contributed by atoms with E-state index in [2.05, 4.69) is 10.0 Å². The number of benzene rings is 1. The van der Waals surface area contributed by atoms with Gasteiger partial charge in [-0.3, -0.25) is 0 Å². The van der Waals surface area contributed by atoms with E-state index >= 15 is 0 Å². The number of hydrogen-bond donors (Lipinski definition) is 2. The van der Waals surface area contributed by atoms with Crippen molar-refractivity contribution < 1.29 is 8.42 Å². The molecule has 1 unspecified atom stereocenters. The maximum atomic E-state index is 12.1. The molecule has 0 bridgehead atoms. The second kappa shape index (κ2) is 6.55.